The number of hydrogen-bond acceptors (Lipinski definition) is 6. The Kier molecular flexibility index (Phi) is 7.16. The number of para-hydroxylation sites is 1. The molecule has 0 unspecified atom stereocenters. The number of carbonyl (C=O) groups excluding carboxylic acids is 1. The summed E-state index contributed by atoms with van der Waals surface area (Å²) >= 11 is 9.94. The molecular weight excluding hydrogens is 558 g/mol. The Morgan fingerprint density at radius 2 is 1.92 bits per heavy atom. The zero-order chi connectivity index (χ0) is 25.9. The van der Waals surface area contributed by atoms with Gasteiger partial charge in [-0.25, -0.2) is 4.68 Å². The van der Waals surface area contributed by atoms with Gasteiger partial charge in [-0.15, -0.1) is 0 Å². The van der Waals surface area contributed by atoms with Gasteiger partial charge in [0.1, 0.15) is 19.0 Å². The summed E-state index contributed by atoms with van der Waals surface area (Å²) in [6.45, 7) is 2.11. The summed E-state index contributed by atoms with van der Waals surface area (Å²) in [4.78, 5) is 17.8. The van der Waals surface area contributed by atoms with Gasteiger partial charge in [0.2, 0.25) is 5.95 Å². The van der Waals surface area contributed by atoms with Crippen molar-refractivity contribution in [3.8, 4) is 11.5 Å². The number of halogens is 2. The molecule has 0 bridgehead atoms. The molecule has 1 aliphatic heterocycles. The van der Waals surface area contributed by atoms with E-state index in [0.717, 1.165) is 11.1 Å². The van der Waals surface area contributed by atoms with Gasteiger partial charge in [0.05, 0.1) is 17.2 Å². The average Bonchev–Trinajstić information content (AvgIpc) is 3.36. The molecule has 1 amide bonds. The van der Waals surface area contributed by atoms with Gasteiger partial charge < -0.3 is 20.1 Å². The van der Waals surface area contributed by atoms with Gasteiger partial charge >= 0.3 is 0 Å². The van der Waals surface area contributed by atoms with Gasteiger partial charge in [0.25, 0.3) is 5.91 Å². The number of hydrogen-bond donors (Lipinski definition) is 2. The van der Waals surface area contributed by atoms with E-state index >= 15 is 0 Å². The quantitative estimate of drug-likeness (QED) is 0.270. The lowest BCUT2D eigenvalue weighted by Crippen LogP contribution is -2.31. The fraction of sp³-hybridized carbons (Fsp3) is 0.148. The van der Waals surface area contributed by atoms with Crippen LogP contribution in [0, 0.1) is 0 Å². The Bertz CT molecular complexity index is 1490. The van der Waals surface area contributed by atoms with E-state index in [2.05, 4.69) is 36.6 Å². The van der Waals surface area contributed by atoms with Crippen molar-refractivity contribution in [1.82, 2.24) is 14.8 Å². The first-order valence-corrected chi connectivity index (χ1v) is 12.6. The predicted molar refractivity (Wildman–Crippen MR) is 146 cm³/mol. The van der Waals surface area contributed by atoms with Crippen molar-refractivity contribution in [3.05, 3.63) is 105 Å². The van der Waals surface area contributed by atoms with E-state index in [-0.39, 0.29) is 12.5 Å². The van der Waals surface area contributed by atoms with Crippen molar-refractivity contribution < 1.29 is 14.3 Å². The Morgan fingerprint density at radius 1 is 1.16 bits per heavy atom. The molecule has 0 saturated carbocycles. The second-order valence-electron chi connectivity index (χ2n) is 8.33. The lowest BCUT2D eigenvalue weighted by molar-refractivity contribution is -0.113. The van der Waals surface area contributed by atoms with Crippen LogP contribution in [0.3, 0.4) is 0 Å². The van der Waals surface area contributed by atoms with Crippen molar-refractivity contribution >= 4 is 45.1 Å². The minimum Gasteiger partial charge on any atom is -0.493 e. The van der Waals surface area contributed by atoms with Crippen LogP contribution in [0.5, 0.6) is 11.5 Å². The highest BCUT2D eigenvalue weighted by atomic mass is 79.9. The van der Waals surface area contributed by atoms with Crippen LogP contribution in [0.1, 0.15) is 24.1 Å². The van der Waals surface area contributed by atoms with E-state index < -0.39 is 6.04 Å². The number of aromatic nitrogens is 3. The highest BCUT2D eigenvalue weighted by Gasteiger charge is 2.34. The maximum Gasteiger partial charge on any atom is 0.255 e. The van der Waals surface area contributed by atoms with Crippen LogP contribution in [-0.2, 0) is 11.4 Å². The van der Waals surface area contributed by atoms with Crippen LogP contribution < -0.4 is 20.1 Å². The van der Waals surface area contributed by atoms with Crippen LogP contribution >= 0.6 is 27.5 Å². The number of nitrogens with one attached hydrogen (secondary N) is 2. The summed E-state index contributed by atoms with van der Waals surface area (Å²) in [5.74, 6) is 1.30. The summed E-state index contributed by atoms with van der Waals surface area (Å²) < 4.78 is 14.1. The third kappa shape index (κ3) is 5.05. The van der Waals surface area contributed by atoms with Crippen molar-refractivity contribution in [1.29, 1.82) is 0 Å². The first-order chi connectivity index (χ1) is 18.0. The van der Waals surface area contributed by atoms with Crippen LogP contribution in [0.15, 0.2) is 88.8 Å². The Labute approximate surface area is 227 Å². The van der Waals surface area contributed by atoms with Crippen LogP contribution in [0.25, 0.3) is 0 Å². The highest BCUT2D eigenvalue weighted by Crippen LogP contribution is 2.43. The monoisotopic (exact) mass is 579 g/mol. The Balaban J connectivity index is 1.52. The fourth-order valence-electron chi connectivity index (χ4n) is 4.22. The molecule has 2 heterocycles. The number of allylic oxidation sites excluding steroid dienone is 1. The molecule has 1 aliphatic rings. The van der Waals surface area contributed by atoms with Gasteiger partial charge in [-0.1, -0.05) is 48.0 Å². The minimum absolute atomic E-state index is 0.253. The molecule has 0 fully saturated rings. The Hall–Kier alpha value is -3.82. The molecule has 0 saturated heterocycles. The van der Waals surface area contributed by atoms with Gasteiger partial charge in [-0.05, 0) is 58.7 Å². The predicted octanol–water partition coefficient (Wildman–Crippen LogP) is 6.21. The minimum atomic E-state index is -0.565. The van der Waals surface area contributed by atoms with Crippen molar-refractivity contribution in [2.45, 2.75) is 19.6 Å². The Morgan fingerprint density at radius 3 is 2.68 bits per heavy atom. The molecule has 4 aromatic rings. The summed E-state index contributed by atoms with van der Waals surface area (Å²) in [6.07, 6.45) is 1.45. The van der Waals surface area contributed by atoms with E-state index in [1.54, 1.807) is 11.8 Å². The highest BCUT2D eigenvalue weighted by molar-refractivity contribution is 9.10. The standard InChI is InChI=1S/C27H23BrClN5O3/c1-16-23(26(35)33-19-9-4-3-5-10-19)24(34-27(32-16)30-15-31-34)18-12-20(28)25(22(13-18)36-2)37-14-17-8-6-7-11-21(17)29/h3-13,15,24H,14H2,1-2H3,(H,33,35)(H,30,31,32)/t24-/m1/s1. The first kappa shape index (κ1) is 24.9. The van der Waals surface area contributed by atoms with E-state index in [0.29, 0.717) is 43.9 Å². The number of ether oxygens (including phenoxy) is 2. The molecule has 37 heavy (non-hydrogen) atoms. The molecule has 3 aromatic carbocycles. The van der Waals surface area contributed by atoms with E-state index in [1.807, 2.05) is 73.7 Å². The zero-order valence-electron chi connectivity index (χ0n) is 20.0. The average molecular weight is 581 g/mol. The smallest absolute Gasteiger partial charge is 0.255 e. The maximum absolute atomic E-state index is 13.5. The molecule has 1 aromatic heterocycles. The first-order valence-electron chi connectivity index (χ1n) is 11.4. The summed E-state index contributed by atoms with van der Waals surface area (Å²) in [6, 6.07) is 20.0. The van der Waals surface area contributed by atoms with Crippen molar-refractivity contribution in [2.24, 2.45) is 0 Å². The maximum atomic E-state index is 13.5. The topological polar surface area (TPSA) is 90.3 Å². The zero-order valence-corrected chi connectivity index (χ0v) is 22.4. The largest absolute Gasteiger partial charge is 0.493 e. The van der Waals surface area contributed by atoms with Gasteiger partial charge in [0, 0.05) is 22.0 Å². The molecule has 2 N–H and O–H groups in total. The summed E-state index contributed by atoms with van der Waals surface area (Å²) in [5.41, 5.74) is 3.48. The molecule has 0 aliphatic carbocycles. The van der Waals surface area contributed by atoms with E-state index in [9.17, 15) is 4.79 Å². The van der Waals surface area contributed by atoms with Gasteiger partial charge in [-0.2, -0.15) is 10.1 Å². The number of rotatable bonds is 7. The molecule has 1 atom stereocenters. The third-order valence-electron chi connectivity index (χ3n) is 5.97. The van der Waals surface area contributed by atoms with E-state index in [1.165, 1.54) is 6.33 Å². The van der Waals surface area contributed by atoms with Gasteiger partial charge in [-0.3, -0.25) is 4.79 Å². The summed E-state index contributed by atoms with van der Waals surface area (Å²) in [5, 5.41) is 11.2. The molecule has 0 radical (unpaired) electrons. The molecular formula is C27H23BrClN5O3. The fourth-order valence-corrected chi connectivity index (χ4v) is 4.98. The van der Waals surface area contributed by atoms with Crippen LogP contribution in [0.4, 0.5) is 11.6 Å². The SMILES string of the molecule is COc1cc([C@@H]2C(C(=O)Nc3ccccc3)=C(C)Nc3ncnn32)cc(Br)c1OCc1ccccc1Cl. The second-order valence-corrected chi connectivity index (χ2v) is 9.59. The number of amides is 1. The van der Waals surface area contributed by atoms with Gasteiger partial charge in [0.15, 0.2) is 11.5 Å². The summed E-state index contributed by atoms with van der Waals surface area (Å²) in [7, 11) is 1.57. The van der Waals surface area contributed by atoms with Crippen LogP contribution in [0.2, 0.25) is 5.02 Å². The van der Waals surface area contributed by atoms with E-state index in [4.69, 9.17) is 21.1 Å². The number of methoxy groups -OCH3 is 1. The molecule has 10 heteroatoms. The van der Waals surface area contributed by atoms with Crippen molar-refractivity contribution in [2.75, 3.05) is 17.7 Å². The normalized spacial score (nSPS) is 14.5. The number of anilines is 2. The third-order valence-corrected chi connectivity index (χ3v) is 6.93. The molecule has 5 rings (SSSR count). The molecule has 8 nitrogen and oxygen atoms in total. The number of fused-ring (bicyclic) bond motifs is 1. The second kappa shape index (κ2) is 10.7. The molecule has 188 valence electrons. The number of benzene rings is 3. The number of carbonyl (C=O) groups is 1. The lowest BCUT2D eigenvalue weighted by Gasteiger charge is -2.29. The van der Waals surface area contributed by atoms with Crippen LogP contribution in [-0.4, -0.2) is 27.8 Å². The number of nitrogens with zero attached hydrogens (tertiary/aromatic N) is 3. The molecule has 0 spiro atoms. The van der Waals surface area contributed by atoms with Crippen molar-refractivity contribution in [3.63, 3.8) is 0 Å². The lowest BCUT2D eigenvalue weighted by atomic mass is 9.94.